The maximum atomic E-state index is 10.6. The van der Waals surface area contributed by atoms with Gasteiger partial charge in [0.1, 0.15) is 0 Å². The molecule has 2 N–H and O–H groups in total. The van der Waals surface area contributed by atoms with Gasteiger partial charge in [0.25, 0.3) is 0 Å². The molecule has 4 nitrogen and oxygen atoms in total. The number of aromatic amines is 1. The molecule has 0 saturated heterocycles. The molecular formula is C13H14N2O2S. The van der Waals surface area contributed by atoms with E-state index in [4.69, 9.17) is 5.11 Å². The van der Waals surface area contributed by atoms with Crippen LogP contribution >= 0.6 is 11.8 Å². The zero-order valence-corrected chi connectivity index (χ0v) is 10.8. The second-order valence-corrected chi connectivity index (χ2v) is 4.76. The number of benzene rings is 1. The minimum Gasteiger partial charge on any atom is -0.481 e. The predicted molar refractivity (Wildman–Crippen MR) is 71.8 cm³/mol. The molecule has 1 heterocycles. The Labute approximate surface area is 109 Å². The van der Waals surface area contributed by atoms with E-state index in [0.717, 1.165) is 16.8 Å². The molecule has 1 aromatic heterocycles. The number of hydrogen-bond acceptors (Lipinski definition) is 3. The van der Waals surface area contributed by atoms with Crippen LogP contribution in [0.2, 0.25) is 0 Å². The van der Waals surface area contributed by atoms with Crippen molar-refractivity contribution in [2.45, 2.75) is 17.7 Å². The number of aryl methyl sites for hydroxylation is 1. The predicted octanol–water partition coefficient (Wildman–Crippen LogP) is 2.82. The van der Waals surface area contributed by atoms with E-state index in [2.05, 4.69) is 10.2 Å². The van der Waals surface area contributed by atoms with Gasteiger partial charge in [-0.1, -0.05) is 12.1 Å². The van der Waals surface area contributed by atoms with E-state index in [1.165, 1.54) is 4.90 Å². The summed E-state index contributed by atoms with van der Waals surface area (Å²) in [5.74, 6) is -0.798. The average molecular weight is 262 g/mol. The number of carbonyl (C=O) groups is 1. The zero-order valence-electron chi connectivity index (χ0n) is 10.0. The number of rotatable bonds is 5. The van der Waals surface area contributed by atoms with Crippen molar-refractivity contribution in [2.75, 3.05) is 6.26 Å². The van der Waals surface area contributed by atoms with Crippen LogP contribution in [-0.2, 0) is 11.2 Å². The van der Waals surface area contributed by atoms with Crippen LogP contribution < -0.4 is 0 Å². The molecule has 0 unspecified atom stereocenters. The molecule has 1 aromatic carbocycles. The third kappa shape index (κ3) is 2.92. The zero-order chi connectivity index (χ0) is 13.0. The highest BCUT2D eigenvalue weighted by Gasteiger charge is 2.09. The number of nitrogens with zero attached hydrogens (tertiary/aromatic N) is 1. The average Bonchev–Trinajstić information content (AvgIpc) is 2.85. The number of carboxylic acid groups (broad SMARTS) is 1. The second-order valence-electron chi connectivity index (χ2n) is 3.88. The second kappa shape index (κ2) is 5.73. The summed E-state index contributed by atoms with van der Waals surface area (Å²) in [4.78, 5) is 11.8. The number of thioether (sulfide) groups is 1. The molecule has 2 rings (SSSR count). The highest BCUT2D eigenvalue weighted by Crippen LogP contribution is 2.25. The summed E-state index contributed by atoms with van der Waals surface area (Å²) in [6, 6.07) is 8.16. The van der Waals surface area contributed by atoms with Gasteiger partial charge in [-0.25, -0.2) is 0 Å². The van der Waals surface area contributed by atoms with Gasteiger partial charge in [-0.05, 0) is 24.0 Å². The number of aliphatic carboxylic acids is 1. The van der Waals surface area contributed by atoms with E-state index >= 15 is 0 Å². The normalized spacial score (nSPS) is 10.5. The Morgan fingerprint density at radius 1 is 1.39 bits per heavy atom. The summed E-state index contributed by atoms with van der Waals surface area (Å²) >= 11 is 1.69. The highest BCUT2D eigenvalue weighted by atomic mass is 32.2. The number of hydrogen-bond donors (Lipinski definition) is 2. The van der Waals surface area contributed by atoms with Crippen molar-refractivity contribution in [3.8, 4) is 11.1 Å². The number of H-pyrrole nitrogens is 1. The molecule has 0 bridgehead atoms. The van der Waals surface area contributed by atoms with Crippen LogP contribution in [0, 0.1) is 0 Å². The van der Waals surface area contributed by atoms with E-state index in [1.54, 1.807) is 18.0 Å². The van der Waals surface area contributed by atoms with Gasteiger partial charge in [-0.15, -0.1) is 11.8 Å². The number of aromatic nitrogens is 2. The molecule has 94 valence electrons. The summed E-state index contributed by atoms with van der Waals surface area (Å²) in [6.45, 7) is 0. The van der Waals surface area contributed by atoms with Crippen LogP contribution in [0.4, 0.5) is 0 Å². The first-order valence-corrected chi connectivity index (χ1v) is 6.81. The maximum absolute atomic E-state index is 10.6. The fraction of sp³-hybridized carbons (Fsp3) is 0.231. The van der Waals surface area contributed by atoms with Crippen molar-refractivity contribution in [1.29, 1.82) is 0 Å². The van der Waals surface area contributed by atoms with Crippen LogP contribution in [0.1, 0.15) is 12.1 Å². The third-order valence-electron chi connectivity index (χ3n) is 2.71. The van der Waals surface area contributed by atoms with E-state index in [9.17, 15) is 4.79 Å². The molecule has 0 atom stereocenters. The minimum atomic E-state index is -0.798. The Kier molecular flexibility index (Phi) is 4.04. The van der Waals surface area contributed by atoms with Crippen molar-refractivity contribution in [2.24, 2.45) is 0 Å². The van der Waals surface area contributed by atoms with Gasteiger partial charge in [0.05, 0.1) is 12.6 Å². The maximum Gasteiger partial charge on any atom is 0.303 e. The summed E-state index contributed by atoms with van der Waals surface area (Å²) in [7, 11) is 0. The molecule has 0 aliphatic rings. The van der Waals surface area contributed by atoms with Crippen molar-refractivity contribution in [3.63, 3.8) is 0 Å². The van der Waals surface area contributed by atoms with Gasteiger partial charge in [0.15, 0.2) is 0 Å². The van der Waals surface area contributed by atoms with E-state index in [0.29, 0.717) is 6.42 Å². The molecule has 0 fully saturated rings. The van der Waals surface area contributed by atoms with Crippen molar-refractivity contribution in [3.05, 3.63) is 36.2 Å². The number of nitrogens with one attached hydrogen (secondary N) is 1. The van der Waals surface area contributed by atoms with Gasteiger partial charge < -0.3 is 5.11 Å². The SMILES string of the molecule is CSc1ccc(-c2cn[nH]c2CCC(=O)O)cc1. The van der Waals surface area contributed by atoms with Crippen LogP contribution in [0.5, 0.6) is 0 Å². The molecule has 2 aromatic rings. The Balaban J connectivity index is 2.21. The fourth-order valence-electron chi connectivity index (χ4n) is 1.75. The standard InChI is InChI=1S/C13H14N2O2S/c1-18-10-4-2-9(3-5-10)11-8-14-15-12(11)6-7-13(16)17/h2-5,8H,6-7H2,1H3,(H,14,15)(H,16,17). The minimum absolute atomic E-state index is 0.109. The summed E-state index contributed by atoms with van der Waals surface area (Å²) in [5.41, 5.74) is 2.90. The molecule has 0 radical (unpaired) electrons. The molecule has 0 spiro atoms. The van der Waals surface area contributed by atoms with E-state index < -0.39 is 5.97 Å². The van der Waals surface area contributed by atoms with Crippen molar-refractivity contribution < 1.29 is 9.90 Å². The largest absolute Gasteiger partial charge is 0.481 e. The lowest BCUT2D eigenvalue weighted by Gasteiger charge is -2.03. The smallest absolute Gasteiger partial charge is 0.303 e. The van der Waals surface area contributed by atoms with Crippen LogP contribution in [0.15, 0.2) is 35.4 Å². The van der Waals surface area contributed by atoms with Crippen molar-refractivity contribution >= 4 is 17.7 Å². The quantitative estimate of drug-likeness (QED) is 0.813. The lowest BCUT2D eigenvalue weighted by atomic mass is 10.0. The first kappa shape index (κ1) is 12.7. The molecule has 0 amide bonds. The molecule has 18 heavy (non-hydrogen) atoms. The number of carboxylic acids is 1. The van der Waals surface area contributed by atoms with Gasteiger partial charge in [-0.3, -0.25) is 9.89 Å². The van der Waals surface area contributed by atoms with E-state index in [1.807, 2.05) is 30.5 Å². The lowest BCUT2D eigenvalue weighted by Crippen LogP contribution is -1.98. The summed E-state index contributed by atoms with van der Waals surface area (Å²) < 4.78 is 0. The molecule has 0 saturated carbocycles. The van der Waals surface area contributed by atoms with Crippen molar-refractivity contribution in [1.82, 2.24) is 10.2 Å². The molecule has 0 aliphatic heterocycles. The third-order valence-corrected chi connectivity index (χ3v) is 3.45. The molecule has 5 heteroatoms. The lowest BCUT2D eigenvalue weighted by molar-refractivity contribution is -0.136. The van der Waals surface area contributed by atoms with Crippen LogP contribution in [0.3, 0.4) is 0 Å². The summed E-state index contributed by atoms with van der Waals surface area (Å²) in [5, 5.41) is 15.6. The topological polar surface area (TPSA) is 66.0 Å². The summed E-state index contributed by atoms with van der Waals surface area (Å²) in [6.07, 6.45) is 4.35. The van der Waals surface area contributed by atoms with Crippen LogP contribution in [0.25, 0.3) is 11.1 Å². The van der Waals surface area contributed by atoms with Gasteiger partial charge >= 0.3 is 5.97 Å². The Morgan fingerprint density at radius 2 is 2.11 bits per heavy atom. The monoisotopic (exact) mass is 262 g/mol. The fourth-order valence-corrected chi connectivity index (χ4v) is 2.16. The van der Waals surface area contributed by atoms with Gasteiger partial charge in [0.2, 0.25) is 0 Å². The van der Waals surface area contributed by atoms with Gasteiger partial charge in [0, 0.05) is 22.6 Å². The Bertz CT molecular complexity index is 534. The molecule has 0 aliphatic carbocycles. The first-order chi connectivity index (χ1) is 8.70. The molecular weight excluding hydrogens is 248 g/mol. The highest BCUT2D eigenvalue weighted by molar-refractivity contribution is 7.98. The van der Waals surface area contributed by atoms with Crippen LogP contribution in [-0.4, -0.2) is 27.5 Å². The van der Waals surface area contributed by atoms with E-state index in [-0.39, 0.29) is 6.42 Å². The van der Waals surface area contributed by atoms with Gasteiger partial charge in [-0.2, -0.15) is 5.10 Å². The first-order valence-electron chi connectivity index (χ1n) is 5.59. The Morgan fingerprint density at radius 3 is 2.72 bits per heavy atom. The Hall–Kier alpha value is -1.75.